The van der Waals surface area contributed by atoms with Gasteiger partial charge >= 0.3 is 0 Å². The minimum Gasteiger partial charge on any atom is -0.383 e. The zero-order valence-corrected chi connectivity index (χ0v) is 12.0. The summed E-state index contributed by atoms with van der Waals surface area (Å²) in [4.78, 5) is 2.40. The number of rotatable bonds is 7. The van der Waals surface area contributed by atoms with Crippen molar-refractivity contribution < 1.29 is 4.74 Å². The molecule has 0 aliphatic carbocycles. The quantitative estimate of drug-likeness (QED) is 0.807. The Balaban J connectivity index is 2.92. The Labute approximate surface area is 111 Å². The van der Waals surface area contributed by atoms with E-state index in [0.717, 1.165) is 13.2 Å². The molecule has 2 N–H and O–H groups in total. The van der Waals surface area contributed by atoms with Gasteiger partial charge in [-0.2, -0.15) is 0 Å². The normalized spacial score (nSPS) is 14.8. The molecule has 102 valence electrons. The molecular weight excluding hydrogens is 224 g/mol. The second-order valence-electron chi connectivity index (χ2n) is 4.80. The summed E-state index contributed by atoms with van der Waals surface area (Å²) in [5.41, 5.74) is 8.56. The first-order chi connectivity index (χ1) is 8.63. The Hall–Kier alpha value is -0.900. The van der Waals surface area contributed by atoms with Gasteiger partial charge in [-0.3, -0.25) is 4.90 Å². The van der Waals surface area contributed by atoms with Gasteiger partial charge in [-0.1, -0.05) is 36.8 Å². The van der Waals surface area contributed by atoms with Crippen LogP contribution in [-0.4, -0.2) is 37.7 Å². The first-order valence-corrected chi connectivity index (χ1v) is 6.65. The molecule has 3 heteroatoms. The number of nitrogens with two attached hydrogens (primary N) is 1. The molecule has 1 aromatic rings. The number of hydrogen-bond acceptors (Lipinski definition) is 3. The number of likely N-dealkylation sites (N-methyl/N-ethyl adjacent to an activating group) is 1. The van der Waals surface area contributed by atoms with E-state index in [1.807, 2.05) is 0 Å². The van der Waals surface area contributed by atoms with Crippen molar-refractivity contribution in [2.24, 2.45) is 5.73 Å². The second kappa shape index (κ2) is 7.52. The molecule has 18 heavy (non-hydrogen) atoms. The van der Waals surface area contributed by atoms with Crippen LogP contribution in [0.25, 0.3) is 0 Å². The monoisotopic (exact) mass is 250 g/mol. The van der Waals surface area contributed by atoms with Gasteiger partial charge in [-0.15, -0.1) is 0 Å². The molecule has 2 unspecified atom stereocenters. The van der Waals surface area contributed by atoms with E-state index in [2.05, 4.69) is 49.9 Å². The third-order valence-corrected chi connectivity index (χ3v) is 3.39. The number of ether oxygens (including phenoxy) is 1. The first kappa shape index (κ1) is 15.2. The molecule has 0 amide bonds. The van der Waals surface area contributed by atoms with Gasteiger partial charge in [-0.05, 0) is 26.0 Å². The van der Waals surface area contributed by atoms with Crippen molar-refractivity contribution in [3.63, 3.8) is 0 Å². The molecule has 0 radical (unpaired) electrons. The molecule has 0 bridgehead atoms. The third kappa shape index (κ3) is 3.80. The van der Waals surface area contributed by atoms with E-state index in [1.165, 1.54) is 11.1 Å². The predicted molar refractivity (Wildman–Crippen MR) is 76.7 cm³/mol. The maximum Gasteiger partial charge on any atom is 0.0615 e. The van der Waals surface area contributed by atoms with Gasteiger partial charge in [-0.25, -0.2) is 0 Å². The largest absolute Gasteiger partial charge is 0.383 e. The van der Waals surface area contributed by atoms with Crippen molar-refractivity contribution in [3.8, 4) is 0 Å². The van der Waals surface area contributed by atoms with Crippen LogP contribution < -0.4 is 5.73 Å². The van der Waals surface area contributed by atoms with Crippen LogP contribution in [0.4, 0.5) is 0 Å². The smallest absolute Gasteiger partial charge is 0.0615 e. The standard InChI is InChI=1S/C15H26N2O/c1-5-17(13(3)11-18-4)15(10-16)14-8-6-7-12(2)9-14/h6-9,13,15H,5,10-11,16H2,1-4H3. The number of benzene rings is 1. The number of hydrogen-bond donors (Lipinski definition) is 1. The van der Waals surface area contributed by atoms with E-state index >= 15 is 0 Å². The van der Waals surface area contributed by atoms with Crippen molar-refractivity contribution in [1.82, 2.24) is 4.90 Å². The average Bonchev–Trinajstić information content (AvgIpc) is 2.35. The average molecular weight is 250 g/mol. The Morgan fingerprint density at radius 3 is 2.61 bits per heavy atom. The van der Waals surface area contributed by atoms with Crippen LogP contribution in [0.1, 0.15) is 31.0 Å². The van der Waals surface area contributed by atoms with Crippen LogP contribution in [0, 0.1) is 6.92 Å². The van der Waals surface area contributed by atoms with Crippen molar-refractivity contribution in [2.75, 3.05) is 26.8 Å². The molecule has 0 heterocycles. The molecule has 1 rings (SSSR count). The predicted octanol–water partition coefficient (Wildman–Crippen LogP) is 2.35. The van der Waals surface area contributed by atoms with Crippen LogP contribution in [0.5, 0.6) is 0 Å². The van der Waals surface area contributed by atoms with Crippen LogP contribution >= 0.6 is 0 Å². The molecule has 0 aliphatic heterocycles. The molecule has 1 aromatic carbocycles. The Morgan fingerprint density at radius 2 is 2.11 bits per heavy atom. The highest BCUT2D eigenvalue weighted by atomic mass is 16.5. The summed E-state index contributed by atoms with van der Waals surface area (Å²) < 4.78 is 5.26. The lowest BCUT2D eigenvalue weighted by Crippen LogP contribution is -2.42. The Bertz CT molecular complexity index is 354. The number of methoxy groups -OCH3 is 1. The fourth-order valence-electron chi connectivity index (χ4n) is 2.52. The van der Waals surface area contributed by atoms with Gasteiger partial charge in [0, 0.05) is 25.7 Å². The Morgan fingerprint density at radius 1 is 1.39 bits per heavy atom. The van der Waals surface area contributed by atoms with Gasteiger partial charge in [0.15, 0.2) is 0 Å². The zero-order valence-electron chi connectivity index (χ0n) is 12.0. The van der Waals surface area contributed by atoms with E-state index in [4.69, 9.17) is 10.5 Å². The highest BCUT2D eigenvalue weighted by Gasteiger charge is 2.22. The van der Waals surface area contributed by atoms with Crippen molar-refractivity contribution >= 4 is 0 Å². The van der Waals surface area contributed by atoms with Gasteiger partial charge in [0.1, 0.15) is 0 Å². The highest BCUT2D eigenvalue weighted by Crippen LogP contribution is 2.22. The minimum absolute atomic E-state index is 0.264. The molecule has 0 saturated heterocycles. The summed E-state index contributed by atoms with van der Waals surface area (Å²) in [6.45, 7) is 8.81. The maximum absolute atomic E-state index is 5.98. The number of nitrogens with zero attached hydrogens (tertiary/aromatic N) is 1. The van der Waals surface area contributed by atoms with E-state index in [1.54, 1.807) is 7.11 Å². The lowest BCUT2D eigenvalue weighted by atomic mass is 10.0. The van der Waals surface area contributed by atoms with E-state index in [0.29, 0.717) is 12.6 Å². The van der Waals surface area contributed by atoms with Crippen molar-refractivity contribution in [1.29, 1.82) is 0 Å². The molecule has 0 fully saturated rings. The lowest BCUT2D eigenvalue weighted by molar-refractivity contribution is 0.0751. The van der Waals surface area contributed by atoms with E-state index in [-0.39, 0.29) is 6.04 Å². The summed E-state index contributed by atoms with van der Waals surface area (Å²) in [6.07, 6.45) is 0. The minimum atomic E-state index is 0.264. The summed E-state index contributed by atoms with van der Waals surface area (Å²) in [5, 5.41) is 0. The molecule has 2 atom stereocenters. The van der Waals surface area contributed by atoms with E-state index < -0.39 is 0 Å². The Kier molecular flexibility index (Phi) is 6.33. The van der Waals surface area contributed by atoms with Crippen LogP contribution in [0.3, 0.4) is 0 Å². The van der Waals surface area contributed by atoms with Crippen molar-refractivity contribution in [3.05, 3.63) is 35.4 Å². The van der Waals surface area contributed by atoms with Crippen LogP contribution in [0.2, 0.25) is 0 Å². The zero-order chi connectivity index (χ0) is 13.5. The topological polar surface area (TPSA) is 38.5 Å². The fraction of sp³-hybridized carbons (Fsp3) is 0.600. The summed E-state index contributed by atoms with van der Waals surface area (Å²) in [5.74, 6) is 0. The second-order valence-corrected chi connectivity index (χ2v) is 4.80. The lowest BCUT2D eigenvalue weighted by Gasteiger charge is -2.35. The molecule has 0 aromatic heterocycles. The van der Waals surface area contributed by atoms with Gasteiger partial charge in [0.25, 0.3) is 0 Å². The van der Waals surface area contributed by atoms with Gasteiger partial charge in [0.05, 0.1) is 6.61 Å². The first-order valence-electron chi connectivity index (χ1n) is 6.65. The van der Waals surface area contributed by atoms with Gasteiger partial charge < -0.3 is 10.5 Å². The molecule has 0 saturated carbocycles. The fourth-order valence-corrected chi connectivity index (χ4v) is 2.52. The SMILES string of the molecule is CCN(C(C)COC)C(CN)c1cccc(C)c1. The summed E-state index contributed by atoms with van der Waals surface area (Å²) >= 11 is 0. The molecular formula is C15H26N2O. The summed E-state index contributed by atoms with van der Waals surface area (Å²) in [7, 11) is 1.74. The van der Waals surface area contributed by atoms with Crippen LogP contribution in [-0.2, 0) is 4.74 Å². The van der Waals surface area contributed by atoms with Crippen molar-refractivity contribution in [2.45, 2.75) is 32.9 Å². The van der Waals surface area contributed by atoms with E-state index in [9.17, 15) is 0 Å². The molecule has 0 spiro atoms. The van der Waals surface area contributed by atoms with Gasteiger partial charge in [0.2, 0.25) is 0 Å². The third-order valence-electron chi connectivity index (χ3n) is 3.39. The molecule has 0 aliphatic rings. The number of aryl methyl sites for hydroxylation is 1. The summed E-state index contributed by atoms with van der Waals surface area (Å²) in [6, 6.07) is 9.23. The van der Waals surface area contributed by atoms with Crippen LogP contribution in [0.15, 0.2) is 24.3 Å². The highest BCUT2D eigenvalue weighted by molar-refractivity contribution is 5.25. The maximum atomic E-state index is 5.98. The molecule has 3 nitrogen and oxygen atoms in total.